The Balaban J connectivity index is 1.46. The first-order valence-corrected chi connectivity index (χ1v) is 10.4. The molecule has 0 radical (unpaired) electrons. The number of hydrogen-bond donors (Lipinski definition) is 1. The van der Waals surface area contributed by atoms with E-state index in [2.05, 4.69) is 15.5 Å². The van der Waals surface area contributed by atoms with E-state index in [1.54, 1.807) is 32.4 Å². The van der Waals surface area contributed by atoms with Gasteiger partial charge in [0.05, 0.1) is 19.5 Å². The van der Waals surface area contributed by atoms with Crippen molar-refractivity contribution in [2.45, 2.75) is 17.3 Å². The summed E-state index contributed by atoms with van der Waals surface area (Å²) in [5.41, 5.74) is 1.47. The molecule has 1 aliphatic heterocycles. The van der Waals surface area contributed by atoms with E-state index in [1.165, 1.54) is 11.8 Å². The van der Waals surface area contributed by atoms with Gasteiger partial charge in [0.2, 0.25) is 12.7 Å². The average Bonchev–Trinajstić information content (AvgIpc) is 3.39. The molecule has 1 N–H and O–H groups in total. The normalized spacial score (nSPS) is 13.0. The van der Waals surface area contributed by atoms with Gasteiger partial charge in [0, 0.05) is 24.4 Å². The van der Waals surface area contributed by atoms with Gasteiger partial charge in [-0.15, -0.1) is 10.2 Å². The maximum Gasteiger partial charge on any atom is 0.237 e. The van der Waals surface area contributed by atoms with Crippen molar-refractivity contribution < 1.29 is 23.7 Å². The van der Waals surface area contributed by atoms with Crippen LogP contribution in [0.3, 0.4) is 0 Å². The van der Waals surface area contributed by atoms with E-state index in [0.717, 1.165) is 5.56 Å². The zero-order chi connectivity index (χ0) is 22.0. The van der Waals surface area contributed by atoms with Gasteiger partial charge >= 0.3 is 0 Å². The Bertz CT molecular complexity index is 1120. The number of nitrogens with zero attached hydrogens (tertiary/aromatic N) is 3. The van der Waals surface area contributed by atoms with Crippen molar-refractivity contribution in [3.05, 3.63) is 36.4 Å². The highest BCUT2D eigenvalue weighted by molar-refractivity contribution is 8.00. The zero-order valence-electron chi connectivity index (χ0n) is 17.5. The number of thioether (sulfide) groups is 1. The van der Waals surface area contributed by atoms with Gasteiger partial charge in [-0.05, 0) is 37.3 Å². The number of fused-ring (bicyclic) bond motifs is 1. The van der Waals surface area contributed by atoms with Crippen LogP contribution in [0.2, 0.25) is 0 Å². The lowest BCUT2D eigenvalue weighted by Crippen LogP contribution is -2.22. The van der Waals surface area contributed by atoms with Crippen LogP contribution < -0.4 is 24.3 Å². The van der Waals surface area contributed by atoms with Crippen molar-refractivity contribution in [1.82, 2.24) is 14.8 Å². The summed E-state index contributed by atoms with van der Waals surface area (Å²) in [5, 5.41) is 11.7. The summed E-state index contributed by atoms with van der Waals surface area (Å²) < 4.78 is 23.1. The molecule has 0 saturated heterocycles. The largest absolute Gasteiger partial charge is 0.493 e. The molecule has 162 valence electrons. The van der Waals surface area contributed by atoms with Gasteiger partial charge in [-0.3, -0.25) is 4.79 Å². The van der Waals surface area contributed by atoms with E-state index >= 15 is 0 Å². The van der Waals surface area contributed by atoms with Crippen molar-refractivity contribution in [3.8, 4) is 34.4 Å². The Kier molecular flexibility index (Phi) is 5.90. The molecule has 10 heteroatoms. The number of carbonyl (C=O) groups is 1. The first kappa shape index (κ1) is 20.9. The van der Waals surface area contributed by atoms with E-state index in [9.17, 15) is 4.79 Å². The number of benzene rings is 2. The van der Waals surface area contributed by atoms with E-state index < -0.39 is 5.25 Å². The van der Waals surface area contributed by atoms with Crippen LogP contribution >= 0.6 is 11.8 Å². The number of amides is 1. The van der Waals surface area contributed by atoms with Gasteiger partial charge in [0.1, 0.15) is 0 Å². The molecule has 1 atom stereocenters. The summed E-state index contributed by atoms with van der Waals surface area (Å²) in [4.78, 5) is 12.7. The smallest absolute Gasteiger partial charge is 0.237 e. The van der Waals surface area contributed by atoms with Gasteiger partial charge in [0.15, 0.2) is 34.0 Å². The number of anilines is 1. The number of methoxy groups -OCH3 is 2. The second-order valence-corrected chi connectivity index (χ2v) is 8.06. The van der Waals surface area contributed by atoms with E-state index in [1.807, 2.05) is 36.7 Å². The molecule has 0 unspecified atom stereocenters. The molecule has 0 fully saturated rings. The van der Waals surface area contributed by atoms with Gasteiger partial charge in [-0.25, -0.2) is 0 Å². The Hall–Kier alpha value is -3.40. The fourth-order valence-electron chi connectivity index (χ4n) is 3.07. The minimum absolute atomic E-state index is 0.153. The minimum atomic E-state index is -0.397. The highest BCUT2D eigenvalue weighted by atomic mass is 32.2. The first-order valence-electron chi connectivity index (χ1n) is 9.49. The molecule has 2 heterocycles. The van der Waals surface area contributed by atoms with Crippen molar-refractivity contribution >= 4 is 23.4 Å². The molecular weight excluding hydrogens is 420 g/mol. The van der Waals surface area contributed by atoms with Crippen molar-refractivity contribution in [2.24, 2.45) is 7.05 Å². The summed E-state index contributed by atoms with van der Waals surface area (Å²) in [6.07, 6.45) is 0. The molecule has 0 bridgehead atoms. The fraction of sp³-hybridized carbons (Fsp3) is 0.286. The van der Waals surface area contributed by atoms with Crippen LogP contribution in [-0.4, -0.2) is 46.9 Å². The molecule has 2 aromatic carbocycles. The second kappa shape index (κ2) is 8.76. The Morgan fingerprint density at radius 2 is 1.87 bits per heavy atom. The number of aromatic nitrogens is 3. The Morgan fingerprint density at radius 1 is 1.10 bits per heavy atom. The highest BCUT2D eigenvalue weighted by Gasteiger charge is 2.21. The number of rotatable bonds is 7. The Morgan fingerprint density at radius 3 is 2.65 bits per heavy atom. The maximum absolute atomic E-state index is 12.7. The molecule has 1 aliphatic rings. The fourth-order valence-corrected chi connectivity index (χ4v) is 3.89. The topological polar surface area (TPSA) is 96.7 Å². The second-order valence-electron chi connectivity index (χ2n) is 6.75. The SMILES string of the molecule is COc1ccc(-c2nnc(S[C@H](C)C(=O)Nc3ccc4c(c3)OCO4)n2C)cc1OC. The number of ether oxygens (including phenoxy) is 4. The van der Waals surface area contributed by atoms with E-state index in [0.29, 0.717) is 39.7 Å². The van der Waals surface area contributed by atoms with Gasteiger partial charge in [0.25, 0.3) is 0 Å². The Labute approximate surface area is 183 Å². The molecule has 1 aromatic heterocycles. The molecule has 0 spiro atoms. The molecular formula is C21H22N4O5S. The van der Waals surface area contributed by atoms with Crippen molar-refractivity contribution in [2.75, 3.05) is 26.3 Å². The van der Waals surface area contributed by atoms with Crippen LogP contribution in [0.15, 0.2) is 41.6 Å². The predicted octanol–water partition coefficient (Wildman–Crippen LogP) is 3.35. The monoisotopic (exact) mass is 442 g/mol. The van der Waals surface area contributed by atoms with Crippen LogP contribution in [0.1, 0.15) is 6.92 Å². The molecule has 0 aliphatic carbocycles. The third-order valence-corrected chi connectivity index (χ3v) is 5.90. The van der Waals surface area contributed by atoms with E-state index in [4.69, 9.17) is 18.9 Å². The average molecular weight is 442 g/mol. The summed E-state index contributed by atoms with van der Waals surface area (Å²) in [5.74, 6) is 3.03. The summed E-state index contributed by atoms with van der Waals surface area (Å²) >= 11 is 1.32. The standard InChI is InChI=1S/C21H22N4O5S/c1-12(20(26)22-14-6-8-16-18(10-14)30-11-29-16)31-21-24-23-19(25(21)2)13-5-7-15(27-3)17(9-13)28-4/h5-10,12H,11H2,1-4H3,(H,22,26)/t12-/m1/s1. The van der Waals surface area contributed by atoms with Crippen LogP contribution in [0.25, 0.3) is 11.4 Å². The van der Waals surface area contributed by atoms with E-state index in [-0.39, 0.29) is 12.7 Å². The molecule has 4 rings (SSSR count). The van der Waals surface area contributed by atoms with Crippen LogP contribution in [0.4, 0.5) is 5.69 Å². The lowest BCUT2D eigenvalue weighted by Gasteiger charge is -2.12. The van der Waals surface area contributed by atoms with Crippen LogP contribution in [-0.2, 0) is 11.8 Å². The van der Waals surface area contributed by atoms with Gasteiger partial charge < -0.3 is 28.8 Å². The van der Waals surface area contributed by atoms with Crippen LogP contribution in [0.5, 0.6) is 23.0 Å². The first-order chi connectivity index (χ1) is 15.0. The lowest BCUT2D eigenvalue weighted by molar-refractivity contribution is -0.115. The number of nitrogens with one attached hydrogen (secondary N) is 1. The molecule has 3 aromatic rings. The number of carbonyl (C=O) groups excluding carboxylic acids is 1. The quantitative estimate of drug-likeness (QED) is 0.557. The van der Waals surface area contributed by atoms with Gasteiger partial charge in [-0.1, -0.05) is 11.8 Å². The van der Waals surface area contributed by atoms with Crippen molar-refractivity contribution in [1.29, 1.82) is 0 Å². The zero-order valence-corrected chi connectivity index (χ0v) is 18.4. The molecule has 9 nitrogen and oxygen atoms in total. The number of hydrogen-bond acceptors (Lipinski definition) is 8. The lowest BCUT2D eigenvalue weighted by atomic mass is 10.2. The van der Waals surface area contributed by atoms with Crippen LogP contribution in [0, 0.1) is 0 Å². The minimum Gasteiger partial charge on any atom is -0.493 e. The van der Waals surface area contributed by atoms with Crippen molar-refractivity contribution in [3.63, 3.8) is 0 Å². The molecule has 31 heavy (non-hydrogen) atoms. The molecule has 1 amide bonds. The predicted molar refractivity (Wildman–Crippen MR) is 116 cm³/mol. The maximum atomic E-state index is 12.7. The summed E-state index contributed by atoms with van der Waals surface area (Å²) in [6.45, 7) is 2.01. The summed E-state index contributed by atoms with van der Waals surface area (Å²) in [7, 11) is 5.03. The third-order valence-electron chi connectivity index (χ3n) is 4.77. The van der Waals surface area contributed by atoms with Gasteiger partial charge in [-0.2, -0.15) is 0 Å². The molecule has 0 saturated carbocycles. The summed E-state index contributed by atoms with van der Waals surface area (Å²) in [6, 6.07) is 10.8. The third kappa shape index (κ3) is 4.24. The highest BCUT2D eigenvalue weighted by Crippen LogP contribution is 2.35.